The smallest absolute Gasteiger partial charge is 0.269 e. The minimum absolute atomic E-state index is 0.00691. The predicted molar refractivity (Wildman–Crippen MR) is 87.7 cm³/mol. The summed E-state index contributed by atoms with van der Waals surface area (Å²) in [5.41, 5.74) is 0.142. The number of aromatic nitrogens is 1. The van der Waals surface area contributed by atoms with E-state index in [4.69, 9.17) is 14.1 Å². The van der Waals surface area contributed by atoms with Crippen LogP contribution in [-0.4, -0.2) is 40.3 Å². The summed E-state index contributed by atoms with van der Waals surface area (Å²) < 4.78 is 10.6. The van der Waals surface area contributed by atoms with Crippen LogP contribution in [0.3, 0.4) is 0 Å². The lowest BCUT2D eigenvalue weighted by Gasteiger charge is -2.26. The fourth-order valence-electron chi connectivity index (χ4n) is 1.92. The summed E-state index contributed by atoms with van der Waals surface area (Å²) >= 11 is 0. The van der Waals surface area contributed by atoms with Crippen LogP contribution in [0.1, 0.15) is 20.8 Å². The number of amides is 1. The fraction of sp³-hybridized carbons (Fsp3) is 0.375. The third-order valence-corrected chi connectivity index (χ3v) is 2.92. The predicted octanol–water partition coefficient (Wildman–Crippen LogP) is 2.82. The molecule has 134 valence electrons. The zero-order chi connectivity index (χ0) is 18.4. The Morgan fingerprint density at radius 2 is 2.00 bits per heavy atom. The van der Waals surface area contributed by atoms with E-state index in [2.05, 4.69) is 5.16 Å². The van der Waals surface area contributed by atoms with Gasteiger partial charge in [-0.2, -0.15) is 0 Å². The van der Waals surface area contributed by atoms with Crippen molar-refractivity contribution in [2.24, 2.45) is 0 Å². The second-order valence-corrected chi connectivity index (χ2v) is 6.13. The van der Waals surface area contributed by atoms with Crippen LogP contribution in [0.5, 0.6) is 5.88 Å². The van der Waals surface area contributed by atoms with Gasteiger partial charge in [-0.1, -0.05) is 0 Å². The van der Waals surface area contributed by atoms with Gasteiger partial charge in [-0.3, -0.25) is 19.7 Å². The number of nitro benzene ring substituents is 1. The minimum Gasteiger partial charge on any atom is -0.474 e. The highest BCUT2D eigenvalue weighted by Crippen LogP contribution is 2.25. The summed E-state index contributed by atoms with van der Waals surface area (Å²) in [6, 6.07) is 7.45. The molecule has 0 saturated heterocycles. The molecule has 0 aliphatic heterocycles. The lowest BCUT2D eigenvalue weighted by Crippen LogP contribution is -2.35. The Bertz CT molecular complexity index is 720. The van der Waals surface area contributed by atoms with E-state index < -0.39 is 10.5 Å². The molecule has 9 nitrogen and oxygen atoms in total. The first-order valence-corrected chi connectivity index (χ1v) is 7.54. The molecule has 1 aromatic carbocycles. The second kappa shape index (κ2) is 7.75. The van der Waals surface area contributed by atoms with E-state index in [1.807, 2.05) is 20.8 Å². The van der Waals surface area contributed by atoms with Gasteiger partial charge in [0.1, 0.15) is 6.61 Å². The molecule has 1 heterocycles. The summed E-state index contributed by atoms with van der Waals surface area (Å²) in [7, 11) is 0. The van der Waals surface area contributed by atoms with Crippen LogP contribution in [0.25, 0.3) is 11.3 Å². The van der Waals surface area contributed by atoms with Crippen molar-refractivity contribution in [3.05, 3.63) is 40.4 Å². The molecule has 0 unspecified atom stereocenters. The van der Waals surface area contributed by atoms with E-state index in [9.17, 15) is 14.9 Å². The molecule has 1 amide bonds. The van der Waals surface area contributed by atoms with Gasteiger partial charge in [-0.25, -0.2) is 5.06 Å². The van der Waals surface area contributed by atoms with E-state index in [1.165, 1.54) is 12.1 Å². The van der Waals surface area contributed by atoms with E-state index in [1.54, 1.807) is 18.2 Å². The van der Waals surface area contributed by atoms with Crippen LogP contribution in [0, 0.1) is 10.1 Å². The Hall–Kier alpha value is -2.94. The molecule has 0 aliphatic carbocycles. The van der Waals surface area contributed by atoms with Gasteiger partial charge < -0.3 is 9.26 Å². The fourth-order valence-corrected chi connectivity index (χ4v) is 1.92. The Morgan fingerprint density at radius 1 is 1.32 bits per heavy atom. The molecule has 0 aliphatic rings. The Labute approximate surface area is 144 Å². The average molecular weight is 349 g/mol. The summed E-state index contributed by atoms with van der Waals surface area (Å²) in [4.78, 5) is 26.5. The van der Waals surface area contributed by atoms with Crippen LogP contribution >= 0.6 is 0 Å². The van der Waals surface area contributed by atoms with Crippen molar-refractivity contribution in [1.82, 2.24) is 10.2 Å². The molecule has 1 aromatic heterocycles. The van der Waals surface area contributed by atoms with Crippen molar-refractivity contribution >= 4 is 12.1 Å². The molecule has 0 spiro atoms. The highest BCUT2D eigenvalue weighted by molar-refractivity contribution is 5.59. The first kappa shape index (κ1) is 18.4. The molecule has 9 heteroatoms. The number of hydroxylamine groups is 2. The number of non-ortho nitro benzene ring substituents is 1. The zero-order valence-electron chi connectivity index (χ0n) is 14.2. The first-order valence-electron chi connectivity index (χ1n) is 7.54. The number of hydrogen-bond acceptors (Lipinski definition) is 7. The van der Waals surface area contributed by atoms with Crippen LogP contribution in [-0.2, 0) is 9.63 Å². The molecule has 0 N–H and O–H groups in total. The third-order valence-electron chi connectivity index (χ3n) is 2.92. The SMILES string of the molecule is CC(C)(C)ON(C=O)CCOc1cc(-c2ccc([N+](=O)[O-])cc2)on1. The Kier molecular flexibility index (Phi) is 5.71. The van der Waals surface area contributed by atoms with Crippen molar-refractivity contribution in [2.45, 2.75) is 26.4 Å². The number of rotatable bonds is 8. The van der Waals surface area contributed by atoms with Crippen molar-refractivity contribution in [3.8, 4) is 17.2 Å². The maximum absolute atomic E-state index is 11.0. The van der Waals surface area contributed by atoms with Gasteiger partial charge in [0, 0.05) is 23.8 Å². The van der Waals surface area contributed by atoms with Gasteiger partial charge in [0.25, 0.3) is 11.6 Å². The maximum atomic E-state index is 11.0. The molecule has 2 aromatic rings. The minimum atomic E-state index is -0.488. The summed E-state index contributed by atoms with van der Waals surface area (Å²) in [5, 5.41) is 15.6. The van der Waals surface area contributed by atoms with Crippen LogP contribution in [0.15, 0.2) is 34.9 Å². The largest absolute Gasteiger partial charge is 0.474 e. The molecule has 25 heavy (non-hydrogen) atoms. The lowest BCUT2D eigenvalue weighted by atomic mass is 10.1. The van der Waals surface area contributed by atoms with Crippen molar-refractivity contribution < 1.29 is 23.8 Å². The quantitative estimate of drug-likeness (QED) is 0.409. The molecule has 0 radical (unpaired) electrons. The number of hydrogen-bond donors (Lipinski definition) is 0. The van der Waals surface area contributed by atoms with Crippen molar-refractivity contribution in [2.75, 3.05) is 13.2 Å². The highest BCUT2D eigenvalue weighted by Gasteiger charge is 2.16. The average Bonchev–Trinajstić information content (AvgIpc) is 3.01. The third kappa shape index (κ3) is 5.57. The van der Waals surface area contributed by atoms with E-state index >= 15 is 0 Å². The molecular weight excluding hydrogens is 330 g/mol. The van der Waals surface area contributed by atoms with Gasteiger partial charge >= 0.3 is 0 Å². The first-order chi connectivity index (χ1) is 11.8. The topological polar surface area (TPSA) is 108 Å². The number of benzene rings is 1. The van der Waals surface area contributed by atoms with Gasteiger partial charge in [0.2, 0.25) is 6.41 Å². The van der Waals surface area contributed by atoms with Gasteiger partial charge in [0.05, 0.1) is 17.1 Å². The van der Waals surface area contributed by atoms with Gasteiger partial charge in [-0.15, -0.1) is 0 Å². The van der Waals surface area contributed by atoms with Gasteiger partial charge in [-0.05, 0) is 38.1 Å². The Balaban J connectivity index is 1.91. The molecule has 0 fully saturated rings. The summed E-state index contributed by atoms with van der Waals surface area (Å²) in [5.74, 6) is 0.665. The van der Waals surface area contributed by atoms with E-state index in [-0.39, 0.29) is 24.7 Å². The van der Waals surface area contributed by atoms with Crippen LogP contribution in [0.2, 0.25) is 0 Å². The lowest BCUT2D eigenvalue weighted by molar-refractivity contribution is -0.384. The van der Waals surface area contributed by atoms with Gasteiger partial charge in [0.15, 0.2) is 5.76 Å². The Morgan fingerprint density at radius 3 is 2.56 bits per heavy atom. The second-order valence-electron chi connectivity index (χ2n) is 6.13. The molecule has 2 rings (SSSR count). The number of ether oxygens (including phenoxy) is 1. The zero-order valence-corrected chi connectivity index (χ0v) is 14.2. The van der Waals surface area contributed by atoms with Crippen molar-refractivity contribution in [3.63, 3.8) is 0 Å². The number of carbonyl (C=O) groups is 1. The summed E-state index contributed by atoms with van der Waals surface area (Å²) in [6.07, 6.45) is 0.583. The number of carbonyl (C=O) groups excluding carboxylic acids is 1. The van der Waals surface area contributed by atoms with Crippen LogP contribution < -0.4 is 4.74 Å². The molecule has 0 saturated carbocycles. The van der Waals surface area contributed by atoms with E-state index in [0.717, 1.165) is 5.06 Å². The monoisotopic (exact) mass is 349 g/mol. The standard InChI is InChI=1S/C16H19N3O6/c1-16(2,3)25-18(11-20)8-9-23-15-10-14(24-17-15)12-4-6-13(7-5-12)19(21)22/h4-7,10-11H,8-9H2,1-3H3. The number of nitrogens with zero attached hydrogens (tertiary/aromatic N) is 3. The normalized spacial score (nSPS) is 11.2. The maximum Gasteiger partial charge on any atom is 0.269 e. The molecular formula is C16H19N3O6. The summed E-state index contributed by atoms with van der Waals surface area (Å²) in [6.45, 7) is 5.89. The van der Waals surface area contributed by atoms with E-state index in [0.29, 0.717) is 17.7 Å². The molecule has 0 bridgehead atoms. The molecule has 0 atom stereocenters. The van der Waals surface area contributed by atoms with Crippen LogP contribution in [0.4, 0.5) is 5.69 Å². The highest BCUT2D eigenvalue weighted by atomic mass is 16.7. The number of nitro groups is 1. The van der Waals surface area contributed by atoms with Crippen molar-refractivity contribution in [1.29, 1.82) is 0 Å².